The van der Waals surface area contributed by atoms with Gasteiger partial charge in [0.1, 0.15) is 0 Å². The highest BCUT2D eigenvalue weighted by atomic mass is 16.5. The van der Waals surface area contributed by atoms with Crippen LogP contribution < -0.4 is 14.8 Å². The predicted octanol–water partition coefficient (Wildman–Crippen LogP) is 5.18. The van der Waals surface area contributed by atoms with Gasteiger partial charge in [-0.05, 0) is 62.8 Å². The molecule has 0 spiro atoms. The molecule has 2 aromatic rings. The van der Waals surface area contributed by atoms with E-state index in [4.69, 9.17) is 9.47 Å². The van der Waals surface area contributed by atoms with E-state index in [2.05, 4.69) is 55.6 Å². The van der Waals surface area contributed by atoms with Crippen LogP contribution in [0.15, 0.2) is 42.5 Å². The molecular weight excluding hydrogens is 310 g/mol. The molecule has 1 atom stereocenters. The summed E-state index contributed by atoms with van der Waals surface area (Å²) in [4.78, 5) is 0. The zero-order valence-corrected chi connectivity index (χ0v) is 15.5. The highest BCUT2D eigenvalue weighted by Gasteiger charge is 2.18. The van der Waals surface area contributed by atoms with Crippen LogP contribution in [0.5, 0.6) is 11.5 Å². The summed E-state index contributed by atoms with van der Waals surface area (Å²) < 4.78 is 11.7. The van der Waals surface area contributed by atoms with Crippen LogP contribution in [-0.4, -0.2) is 13.2 Å². The summed E-state index contributed by atoms with van der Waals surface area (Å²) in [6, 6.07) is 15.2. The van der Waals surface area contributed by atoms with E-state index in [1.807, 2.05) is 6.07 Å². The fourth-order valence-electron chi connectivity index (χ4n) is 3.35. The monoisotopic (exact) mass is 339 g/mol. The van der Waals surface area contributed by atoms with Crippen molar-refractivity contribution in [3.05, 3.63) is 59.2 Å². The highest BCUT2D eigenvalue weighted by Crippen LogP contribution is 2.32. The van der Waals surface area contributed by atoms with Gasteiger partial charge < -0.3 is 14.8 Å². The molecule has 0 aliphatic heterocycles. The molecule has 2 aromatic carbocycles. The van der Waals surface area contributed by atoms with Gasteiger partial charge in [-0.2, -0.15) is 0 Å². The minimum atomic E-state index is 0.307. The standard InChI is InChI=1S/C22H29NO2/c1-16-8-11-19(12-9-16)17(2)23-15-18-10-13-21(24-3)22(14-18)25-20-6-4-5-7-20/h8-14,17,20,23H,4-7,15H2,1-3H3/t17-/m1/s1. The third-order valence-electron chi connectivity index (χ3n) is 5.01. The zero-order valence-electron chi connectivity index (χ0n) is 15.5. The van der Waals surface area contributed by atoms with Crippen LogP contribution in [0, 0.1) is 6.92 Å². The summed E-state index contributed by atoms with van der Waals surface area (Å²) in [6.07, 6.45) is 5.17. The first kappa shape index (κ1) is 17.8. The van der Waals surface area contributed by atoms with Gasteiger partial charge in [0, 0.05) is 12.6 Å². The first-order valence-corrected chi connectivity index (χ1v) is 9.29. The lowest BCUT2D eigenvalue weighted by atomic mass is 10.1. The number of ether oxygens (including phenoxy) is 2. The topological polar surface area (TPSA) is 30.5 Å². The number of hydrogen-bond donors (Lipinski definition) is 1. The van der Waals surface area contributed by atoms with Crippen LogP contribution in [0.2, 0.25) is 0 Å². The van der Waals surface area contributed by atoms with E-state index in [9.17, 15) is 0 Å². The van der Waals surface area contributed by atoms with Gasteiger partial charge >= 0.3 is 0 Å². The van der Waals surface area contributed by atoms with Crippen molar-refractivity contribution in [2.24, 2.45) is 0 Å². The molecule has 1 saturated carbocycles. The molecule has 0 bridgehead atoms. The van der Waals surface area contributed by atoms with Gasteiger partial charge in [-0.1, -0.05) is 35.9 Å². The van der Waals surface area contributed by atoms with Crippen molar-refractivity contribution in [1.29, 1.82) is 0 Å². The molecule has 0 amide bonds. The average molecular weight is 339 g/mol. The first-order valence-electron chi connectivity index (χ1n) is 9.29. The van der Waals surface area contributed by atoms with Gasteiger partial charge in [0.25, 0.3) is 0 Å². The fraction of sp³-hybridized carbons (Fsp3) is 0.455. The van der Waals surface area contributed by atoms with Gasteiger partial charge in [-0.25, -0.2) is 0 Å². The second-order valence-electron chi connectivity index (χ2n) is 7.02. The molecule has 0 saturated heterocycles. The summed E-state index contributed by atoms with van der Waals surface area (Å²) in [7, 11) is 1.70. The van der Waals surface area contributed by atoms with Crippen LogP contribution >= 0.6 is 0 Å². The first-order chi connectivity index (χ1) is 12.2. The largest absolute Gasteiger partial charge is 0.493 e. The Morgan fingerprint density at radius 3 is 2.44 bits per heavy atom. The van der Waals surface area contributed by atoms with Crippen LogP contribution in [0.4, 0.5) is 0 Å². The Morgan fingerprint density at radius 1 is 1.04 bits per heavy atom. The van der Waals surface area contributed by atoms with Crippen molar-refractivity contribution < 1.29 is 9.47 Å². The van der Waals surface area contributed by atoms with Crippen molar-refractivity contribution in [3.8, 4) is 11.5 Å². The van der Waals surface area contributed by atoms with Crippen molar-refractivity contribution in [2.75, 3.05) is 7.11 Å². The zero-order chi connectivity index (χ0) is 17.6. The van der Waals surface area contributed by atoms with Gasteiger partial charge in [0.2, 0.25) is 0 Å². The lowest BCUT2D eigenvalue weighted by molar-refractivity contribution is 0.200. The Kier molecular flexibility index (Phi) is 5.98. The Hall–Kier alpha value is -2.00. The van der Waals surface area contributed by atoms with Crippen molar-refractivity contribution in [1.82, 2.24) is 5.32 Å². The van der Waals surface area contributed by atoms with E-state index in [1.165, 1.54) is 29.5 Å². The lowest BCUT2D eigenvalue weighted by Gasteiger charge is -2.18. The molecule has 25 heavy (non-hydrogen) atoms. The Morgan fingerprint density at radius 2 is 1.76 bits per heavy atom. The quantitative estimate of drug-likeness (QED) is 0.754. The molecule has 0 heterocycles. The van der Waals surface area contributed by atoms with Gasteiger partial charge in [-0.15, -0.1) is 0 Å². The molecule has 3 heteroatoms. The maximum atomic E-state index is 6.19. The number of nitrogens with one attached hydrogen (secondary N) is 1. The summed E-state index contributed by atoms with van der Waals surface area (Å²) in [5.41, 5.74) is 3.81. The molecule has 1 N–H and O–H groups in total. The normalized spacial score (nSPS) is 16.0. The Bertz CT molecular complexity index is 675. The summed E-state index contributed by atoms with van der Waals surface area (Å²) in [5, 5.41) is 3.60. The van der Waals surface area contributed by atoms with Gasteiger partial charge in [0.15, 0.2) is 11.5 Å². The van der Waals surface area contributed by atoms with Gasteiger partial charge in [-0.3, -0.25) is 0 Å². The SMILES string of the molecule is COc1ccc(CN[C@H](C)c2ccc(C)cc2)cc1OC1CCCC1. The van der Waals surface area contributed by atoms with Crippen molar-refractivity contribution in [2.45, 2.75) is 58.2 Å². The lowest BCUT2D eigenvalue weighted by Crippen LogP contribution is -2.18. The molecule has 134 valence electrons. The van der Waals surface area contributed by atoms with Gasteiger partial charge in [0.05, 0.1) is 13.2 Å². The second kappa shape index (κ2) is 8.39. The van der Waals surface area contributed by atoms with E-state index < -0.39 is 0 Å². The van der Waals surface area contributed by atoms with Crippen LogP contribution in [0.3, 0.4) is 0 Å². The maximum Gasteiger partial charge on any atom is 0.161 e. The highest BCUT2D eigenvalue weighted by molar-refractivity contribution is 5.43. The molecule has 3 nitrogen and oxygen atoms in total. The Balaban J connectivity index is 1.64. The number of methoxy groups -OCH3 is 1. The molecule has 0 radical (unpaired) electrons. The van der Waals surface area contributed by atoms with E-state index in [0.29, 0.717) is 12.1 Å². The van der Waals surface area contributed by atoms with Crippen molar-refractivity contribution in [3.63, 3.8) is 0 Å². The van der Waals surface area contributed by atoms with Crippen molar-refractivity contribution >= 4 is 0 Å². The minimum Gasteiger partial charge on any atom is -0.493 e. The van der Waals surface area contributed by atoms with E-state index in [0.717, 1.165) is 30.9 Å². The predicted molar refractivity (Wildman–Crippen MR) is 102 cm³/mol. The smallest absolute Gasteiger partial charge is 0.161 e. The second-order valence-corrected chi connectivity index (χ2v) is 7.02. The molecule has 0 unspecified atom stereocenters. The third kappa shape index (κ3) is 4.76. The molecular formula is C22H29NO2. The van der Waals surface area contributed by atoms with E-state index in [1.54, 1.807) is 7.11 Å². The van der Waals surface area contributed by atoms with Crippen LogP contribution in [0.25, 0.3) is 0 Å². The number of benzene rings is 2. The van der Waals surface area contributed by atoms with E-state index in [-0.39, 0.29) is 0 Å². The van der Waals surface area contributed by atoms with Crippen LogP contribution in [-0.2, 0) is 6.54 Å². The summed E-state index contributed by atoms with van der Waals surface area (Å²) >= 11 is 0. The van der Waals surface area contributed by atoms with Crippen LogP contribution in [0.1, 0.15) is 55.3 Å². The average Bonchev–Trinajstić information content (AvgIpc) is 3.13. The molecule has 1 aliphatic rings. The number of rotatable bonds is 7. The minimum absolute atomic E-state index is 0.307. The third-order valence-corrected chi connectivity index (χ3v) is 5.01. The Labute approximate surface area is 151 Å². The summed E-state index contributed by atoms with van der Waals surface area (Å²) in [6.45, 7) is 5.12. The molecule has 1 fully saturated rings. The molecule has 3 rings (SSSR count). The molecule has 1 aliphatic carbocycles. The fourth-order valence-corrected chi connectivity index (χ4v) is 3.35. The molecule has 0 aromatic heterocycles. The maximum absolute atomic E-state index is 6.19. The summed E-state index contributed by atoms with van der Waals surface area (Å²) in [5.74, 6) is 1.69. The van der Waals surface area contributed by atoms with E-state index >= 15 is 0 Å². The number of hydrogen-bond acceptors (Lipinski definition) is 3. The number of aryl methyl sites for hydroxylation is 1.